The van der Waals surface area contributed by atoms with Crippen LogP contribution in [0.4, 0.5) is 0 Å². The van der Waals surface area contributed by atoms with Gasteiger partial charge in [-0.05, 0) is 29.9 Å². The van der Waals surface area contributed by atoms with Crippen molar-refractivity contribution in [3.05, 3.63) is 29.6 Å². The fraction of sp³-hybridized carbons (Fsp3) is 0.462. The Hall–Kier alpha value is -0.960. The van der Waals surface area contributed by atoms with Gasteiger partial charge in [-0.2, -0.15) is 12.6 Å². The summed E-state index contributed by atoms with van der Waals surface area (Å²) in [6.45, 7) is 4.35. The Balaban J connectivity index is 2.55. The summed E-state index contributed by atoms with van der Waals surface area (Å²) in [6.07, 6.45) is 1.02. The Bertz CT molecular complexity index is 500. The van der Waals surface area contributed by atoms with E-state index in [4.69, 9.17) is 0 Å². The summed E-state index contributed by atoms with van der Waals surface area (Å²) in [6, 6.07) is 6.49. The van der Waals surface area contributed by atoms with Crippen molar-refractivity contribution in [2.75, 3.05) is 5.75 Å². The molecule has 2 rings (SSSR count). The molecular formula is C13H18N2S. The van der Waals surface area contributed by atoms with Crippen molar-refractivity contribution < 1.29 is 0 Å². The molecule has 0 atom stereocenters. The number of hydrogen-bond acceptors (Lipinski definition) is 2. The van der Waals surface area contributed by atoms with Gasteiger partial charge in [-0.15, -0.1) is 0 Å². The average Bonchev–Trinajstić information content (AvgIpc) is 2.57. The van der Waals surface area contributed by atoms with Gasteiger partial charge in [0.1, 0.15) is 5.82 Å². The van der Waals surface area contributed by atoms with E-state index >= 15 is 0 Å². The lowest BCUT2D eigenvalue weighted by molar-refractivity contribution is 0.722. The average molecular weight is 234 g/mol. The minimum Gasteiger partial charge on any atom is -0.331 e. The summed E-state index contributed by atoms with van der Waals surface area (Å²) < 4.78 is 2.20. The van der Waals surface area contributed by atoms with Gasteiger partial charge >= 0.3 is 0 Å². The van der Waals surface area contributed by atoms with Gasteiger partial charge in [-0.3, -0.25) is 0 Å². The molecule has 2 nitrogen and oxygen atoms in total. The number of aromatic nitrogens is 2. The van der Waals surface area contributed by atoms with Crippen LogP contribution in [0.15, 0.2) is 18.2 Å². The lowest BCUT2D eigenvalue weighted by Gasteiger charge is -2.05. The van der Waals surface area contributed by atoms with E-state index in [1.165, 1.54) is 11.1 Å². The molecule has 0 spiro atoms. The van der Waals surface area contributed by atoms with E-state index in [9.17, 15) is 0 Å². The summed E-state index contributed by atoms with van der Waals surface area (Å²) in [7, 11) is 2.09. The maximum Gasteiger partial charge on any atom is 0.112 e. The van der Waals surface area contributed by atoms with Crippen molar-refractivity contribution in [1.82, 2.24) is 9.55 Å². The monoisotopic (exact) mass is 234 g/mol. The highest BCUT2D eigenvalue weighted by atomic mass is 32.1. The molecule has 0 unspecified atom stereocenters. The quantitative estimate of drug-likeness (QED) is 0.808. The molecule has 0 saturated heterocycles. The summed E-state index contributed by atoms with van der Waals surface area (Å²) in [5, 5.41) is 0. The third-order valence-electron chi connectivity index (χ3n) is 2.90. The first-order valence-electron chi connectivity index (χ1n) is 5.69. The molecule has 0 bridgehead atoms. The molecule has 0 aliphatic carbocycles. The zero-order chi connectivity index (χ0) is 11.7. The lowest BCUT2D eigenvalue weighted by Crippen LogP contribution is -1.99. The Morgan fingerprint density at radius 2 is 2.12 bits per heavy atom. The highest BCUT2D eigenvalue weighted by Gasteiger charge is 2.10. The van der Waals surface area contributed by atoms with Gasteiger partial charge in [-0.1, -0.05) is 19.9 Å². The third kappa shape index (κ3) is 1.96. The number of hydrogen-bond donors (Lipinski definition) is 1. The Morgan fingerprint density at radius 1 is 1.38 bits per heavy atom. The van der Waals surface area contributed by atoms with E-state index < -0.39 is 0 Å². The summed E-state index contributed by atoms with van der Waals surface area (Å²) in [5.74, 6) is 2.50. The standard InChI is InChI=1S/C13H18N2S/c1-9(2)13-14-11-5-4-10(6-7-16)8-12(11)15(13)3/h4-5,8-9,16H,6-7H2,1-3H3. The molecule has 0 N–H and O–H groups in total. The molecule has 0 aliphatic rings. The SMILES string of the molecule is CC(C)c1nc2ccc(CCS)cc2n1C. The normalized spacial score (nSPS) is 11.6. The van der Waals surface area contributed by atoms with Gasteiger partial charge in [0.2, 0.25) is 0 Å². The van der Waals surface area contributed by atoms with Gasteiger partial charge in [0.05, 0.1) is 11.0 Å². The zero-order valence-electron chi connectivity index (χ0n) is 10.1. The topological polar surface area (TPSA) is 17.8 Å². The van der Waals surface area contributed by atoms with Crippen molar-refractivity contribution in [1.29, 1.82) is 0 Å². The third-order valence-corrected chi connectivity index (χ3v) is 3.12. The Morgan fingerprint density at radius 3 is 2.75 bits per heavy atom. The number of benzene rings is 1. The number of aryl methyl sites for hydroxylation is 2. The van der Waals surface area contributed by atoms with Crippen molar-refractivity contribution >= 4 is 23.7 Å². The molecule has 1 heterocycles. The van der Waals surface area contributed by atoms with Gasteiger partial charge in [0, 0.05) is 13.0 Å². The predicted molar refractivity (Wildman–Crippen MR) is 72.4 cm³/mol. The maximum absolute atomic E-state index is 4.66. The Labute approximate surface area is 102 Å². The highest BCUT2D eigenvalue weighted by Crippen LogP contribution is 2.21. The van der Waals surface area contributed by atoms with Gasteiger partial charge < -0.3 is 4.57 Å². The summed E-state index contributed by atoms with van der Waals surface area (Å²) in [5.41, 5.74) is 3.65. The first-order valence-corrected chi connectivity index (χ1v) is 6.33. The van der Waals surface area contributed by atoms with Gasteiger partial charge in [-0.25, -0.2) is 4.98 Å². The van der Waals surface area contributed by atoms with Crippen LogP contribution in [0.2, 0.25) is 0 Å². The summed E-state index contributed by atoms with van der Waals surface area (Å²) >= 11 is 4.27. The molecule has 16 heavy (non-hydrogen) atoms. The predicted octanol–water partition coefficient (Wildman–Crippen LogP) is 3.17. The highest BCUT2D eigenvalue weighted by molar-refractivity contribution is 7.80. The van der Waals surface area contributed by atoms with Crippen molar-refractivity contribution in [3.8, 4) is 0 Å². The fourth-order valence-electron chi connectivity index (χ4n) is 2.06. The Kier molecular flexibility index (Phi) is 3.24. The van der Waals surface area contributed by atoms with Crippen LogP contribution in [-0.4, -0.2) is 15.3 Å². The number of rotatable bonds is 3. The van der Waals surface area contributed by atoms with E-state index in [1.54, 1.807) is 0 Å². The lowest BCUT2D eigenvalue weighted by atomic mass is 10.1. The van der Waals surface area contributed by atoms with Crippen molar-refractivity contribution in [2.45, 2.75) is 26.2 Å². The number of imidazole rings is 1. The minimum absolute atomic E-state index is 0.464. The second-order valence-electron chi connectivity index (χ2n) is 4.48. The van der Waals surface area contributed by atoms with Crippen LogP contribution < -0.4 is 0 Å². The van der Waals surface area contributed by atoms with Crippen LogP contribution in [0.1, 0.15) is 31.2 Å². The van der Waals surface area contributed by atoms with Crippen LogP contribution in [0, 0.1) is 0 Å². The van der Waals surface area contributed by atoms with E-state index in [0.717, 1.165) is 23.5 Å². The molecule has 0 aliphatic heterocycles. The van der Waals surface area contributed by atoms with Crippen molar-refractivity contribution in [3.63, 3.8) is 0 Å². The molecular weight excluding hydrogens is 216 g/mol. The molecule has 0 radical (unpaired) electrons. The van der Waals surface area contributed by atoms with E-state index in [2.05, 4.69) is 61.3 Å². The van der Waals surface area contributed by atoms with Crippen LogP contribution in [0.25, 0.3) is 11.0 Å². The number of thiol groups is 1. The van der Waals surface area contributed by atoms with Crippen LogP contribution in [0.3, 0.4) is 0 Å². The van der Waals surface area contributed by atoms with Crippen LogP contribution in [0.5, 0.6) is 0 Å². The van der Waals surface area contributed by atoms with Crippen LogP contribution >= 0.6 is 12.6 Å². The largest absolute Gasteiger partial charge is 0.331 e. The zero-order valence-corrected chi connectivity index (χ0v) is 11.0. The van der Waals surface area contributed by atoms with E-state index in [-0.39, 0.29) is 0 Å². The van der Waals surface area contributed by atoms with Gasteiger partial charge in [0.25, 0.3) is 0 Å². The second-order valence-corrected chi connectivity index (χ2v) is 4.93. The molecule has 0 fully saturated rings. The first kappa shape index (κ1) is 11.5. The minimum atomic E-state index is 0.464. The summed E-state index contributed by atoms with van der Waals surface area (Å²) in [4.78, 5) is 4.66. The number of nitrogens with zero attached hydrogens (tertiary/aromatic N) is 2. The van der Waals surface area contributed by atoms with E-state index in [1.807, 2.05) is 0 Å². The first-order chi connectivity index (χ1) is 7.63. The molecule has 86 valence electrons. The van der Waals surface area contributed by atoms with Gasteiger partial charge in [0.15, 0.2) is 0 Å². The number of fused-ring (bicyclic) bond motifs is 1. The maximum atomic E-state index is 4.66. The fourth-order valence-corrected chi connectivity index (χ4v) is 2.31. The molecule has 0 amide bonds. The molecule has 1 aromatic carbocycles. The van der Waals surface area contributed by atoms with Crippen LogP contribution in [-0.2, 0) is 13.5 Å². The molecule has 0 saturated carbocycles. The molecule has 1 aromatic heterocycles. The second kappa shape index (κ2) is 4.50. The molecule has 2 aromatic rings. The van der Waals surface area contributed by atoms with E-state index in [0.29, 0.717) is 5.92 Å². The smallest absolute Gasteiger partial charge is 0.112 e. The van der Waals surface area contributed by atoms with Crippen molar-refractivity contribution in [2.24, 2.45) is 7.05 Å². The molecule has 3 heteroatoms.